The fourth-order valence-corrected chi connectivity index (χ4v) is 3.38. The summed E-state index contributed by atoms with van der Waals surface area (Å²) in [7, 11) is -3.90. The maximum absolute atomic E-state index is 12.4. The lowest BCUT2D eigenvalue weighted by Gasteiger charge is -2.08. The number of ether oxygens (including phenoxy) is 1. The molecule has 0 radical (unpaired) electrons. The van der Waals surface area contributed by atoms with Crippen LogP contribution in [0, 0.1) is 0 Å². The Kier molecular flexibility index (Phi) is 6.27. The zero-order valence-electron chi connectivity index (χ0n) is 15.8. The van der Waals surface area contributed by atoms with Crippen LogP contribution < -0.4 is 14.8 Å². The standard InChI is InChI=1S/C18H15F3N4O5S/c1-11(26)23-13-4-8-15(9-5-13)31(27,28)22-10-16-24-17(25-30-16)12-2-6-14(7-3-12)29-18(19,20)21/h2-9,22H,10H2,1H3,(H,23,26). The number of carbonyl (C=O) groups excluding carboxylic acids is 1. The van der Waals surface area contributed by atoms with Gasteiger partial charge in [-0.05, 0) is 48.5 Å². The highest BCUT2D eigenvalue weighted by molar-refractivity contribution is 7.89. The van der Waals surface area contributed by atoms with Crippen LogP contribution in [0.5, 0.6) is 5.75 Å². The van der Waals surface area contributed by atoms with E-state index in [4.69, 9.17) is 4.52 Å². The Bertz CT molecular complexity index is 1160. The number of benzene rings is 2. The molecule has 13 heteroatoms. The monoisotopic (exact) mass is 456 g/mol. The zero-order chi connectivity index (χ0) is 22.6. The van der Waals surface area contributed by atoms with E-state index >= 15 is 0 Å². The van der Waals surface area contributed by atoms with Crippen molar-refractivity contribution in [3.05, 3.63) is 54.4 Å². The molecule has 0 bridgehead atoms. The van der Waals surface area contributed by atoms with Gasteiger partial charge >= 0.3 is 6.36 Å². The van der Waals surface area contributed by atoms with E-state index in [1.807, 2.05) is 0 Å². The third-order valence-corrected chi connectivity index (χ3v) is 5.13. The van der Waals surface area contributed by atoms with Crippen molar-refractivity contribution < 1.29 is 35.6 Å². The number of nitrogens with one attached hydrogen (secondary N) is 2. The summed E-state index contributed by atoms with van der Waals surface area (Å²) in [6, 6.07) is 10.3. The molecule has 1 aromatic heterocycles. The molecular weight excluding hydrogens is 441 g/mol. The zero-order valence-corrected chi connectivity index (χ0v) is 16.6. The molecule has 1 amide bonds. The first-order valence-electron chi connectivity index (χ1n) is 8.58. The Labute approximate surface area is 174 Å². The number of amides is 1. The van der Waals surface area contributed by atoms with E-state index in [9.17, 15) is 26.4 Å². The minimum Gasteiger partial charge on any atom is -0.406 e. The highest BCUT2D eigenvalue weighted by Gasteiger charge is 2.31. The molecule has 1 heterocycles. The van der Waals surface area contributed by atoms with E-state index in [-0.39, 0.29) is 29.1 Å². The van der Waals surface area contributed by atoms with Gasteiger partial charge in [-0.15, -0.1) is 13.2 Å². The lowest BCUT2D eigenvalue weighted by Crippen LogP contribution is -2.23. The first-order chi connectivity index (χ1) is 14.5. The fraction of sp³-hybridized carbons (Fsp3) is 0.167. The van der Waals surface area contributed by atoms with E-state index in [2.05, 4.69) is 24.9 Å². The summed E-state index contributed by atoms with van der Waals surface area (Å²) >= 11 is 0. The number of hydrogen-bond acceptors (Lipinski definition) is 7. The van der Waals surface area contributed by atoms with Crippen LogP contribution in [0.3, 0.4) is 0 Å². The van der Waals surface area contributed by atoms with Crippen molar-refractivity contribution in [3.63, 3.8) is 0 Å². The third-order valence-electron chi connectivity index (χ3n) is 3.71. The predicted molar refractivity (Wildman–Crippen MR) is 101 cm³/mol. The molecule has 164 valence electrons. The molecule has 2 aromatic carbocycles. The minimum absolute atomic E-state index is 0.0402. The van der Waals surface area contributed by atoms with Gasteiger partial charge in [-0.3, -0.25) is 4.79 Å². The second kappa shape index (κ2) is 8.73. The molecule has 3 rings (SSSR count). The number of hydrogen-bond donors (Lipinski definition) is 2. The summed E-state index contributed by atoms with van der Waals surface area (Å²) < 4.78 is 72.4. The number of halogens is 3. The van der Waals surface area contributed by atoms with Gasteiger partial charge in [-0.25, -0.2) is 13.1 Å². The molecule has 2 N–H and O–H groups in total. The first kappa shape index (κ1) is 22.2. The van der Waals surface area contributed by atoms with E-state index < -0.39 is 22.1 Å². The van der Waals surface area contributed by atoms with Gasteiger partial charge in [0.25, 0.3) is 0 Å². The van der Waals surface area contributed by atoms with Crippen molar-refractivity contribution in [1.82, 2.24) is 14.9 Å². The average molecular weight is 456 g/mol. The lowest BCUT2D eigenvalue weighted by atomic mass is 10.2. The van der Waals surface area contributed by atoms with E-state index in [0.29, 0.717) is 11.3 Å². The molecule has 0 aliphatic carbocycles. The number of nitrogens with zero attached hydrogens (tertiary/aromatic N) is 2. The summed E-state index contributed by atoms with van der Waals surface area (Å²) in [5.41, 5.74) is 0.792. The average Bonchev–Trinajstić information content (AvgIpc) is 3.15. The van der Waals surface area contributed by atoms with Crippen LogP contribution in [0.4, 0.5) is 18.9 Å². The van der Waals surface area contributed by atoms with Gasteiger partial charge in [-0.2, -0.15) is 4.98 Å². The molecule has 0 fully saturated rings. The number of anilines is 1. The largest absolute Gasteiger partial charge is 0.573 e. The Balaban J connectivity index is 1.63. The maximum Gasteiger partial charge on any atom is 0.573 e. The van der Waals surface area contributed by atoms with Crippen molar-refractivity contribution in [2.75, 3.05) is 5.32 Å². The number of alkyl halides is 3. The van der Waals surface area contributed by atoms with E-state index in [1.54, 1.807) is 0 Å². The van der Waals surface area contributed by atoms with E-state index in [1.165, 1.54) is 43.3 Å². The van der Waals surface area contributed by atoms with Gasteiger partial charge in [0.15, 0.2) is 0 Å². The summed E-state index contributed by atoms with van der Waals surface area (Å²) in [6.07, 6.45) is -4.80. The van der Waals surface area contributed by atoms with Crippen molar-refractivity contribution in [2.45, 2.75) is 24.7 Å². The van der Waals surface area contributed by atoms with Crippen LogP contribution in [-0.2, 0) is 21.4 Å². The summed E-state index contributed by atoms with van der Waals surface area (Å²) in [5.74, 6) is -0.683. The van der Waals surface area contributed by atoms with Crippen molar-refractivity contribution in [2.24, 2.45) is 0 Å². The lowest BCUT2D eigenvalue weighted by molar-refractivity contribution is -0.274. The number of aromatic nitrogens is 2. The molecular formula is C18H15F3N4O5S. The van der Waals surface area contributed by atoms with Crippen LogP contribution in [0.1, 0.15) is 12.8 Å². The molecule has 0 saturated carbocycles. The maximum atomic E-state index is 12.4. The van der Waals surface area contributed by atoms with Crippen LogP contribution in [0.2, 0.25) is 0 Å². The molecule has 31 heavy (non-hydrogen) atoms. The molecule has 0 aliphatic rings. The molecule has 0 aliphatic heterocycles. The Morgan fingerprint density at radius 3 is 2.32 bits per heavy atom. The van der Waals surface area contributed by atoms with Gasteiger partial charge in [0.05, 0.1) is 11.4 Å². The van der Waals surface area contributed by atoms with Gasteiger partial charge < -0.3 is 14.6 Å². The molecule has 3 aromatic rings. The Morgan fingerprint density at radius 1 is 1.10 bits per heavy atom. The Hall–Kier alpha value is -3.45. The van der Waals surface area contributed by atoms with Gasteiger partial charge in [-0.1, -0.05) is 5.16 Å². The molecule has 0 spiro atoms. The topological polar surface area (TPSA) is 123 Å². The highest BCUT2D eigenvalue weighted by atomic mass is 32.2. The summed E-state index contributed by atoms with van der Waals surface area (Å²) in [4.78, 5) is 15.0. The predicted octanol–water partition coefficient (Wildman–Crippen LogP) is 3.07. The third kappa shape index (κ3) is 6.26. The smallest absolute Gasteiger partial charge is 0.406 e. The SMILES string of the molecule is CC(=O)Nc1ccc(S(=O)(=O)NCc2nc(-c3ccc(OC(F)(F)F)cc3)no2)cc1. The number of carbonyl (C=O) groups is 1. The minimum atomic E-state index is -4.80. The quantitative estimate of drug-likeness (QED) is 0.560. The van der Waals surface area contributed by atoms with Crippen LogP contribution in [-0.4, -0.2) is 30.8 Å². The second-order valence-electron chi connectivity index (χ2n) is 6.11. The van der Waals surface area contributed by atoms with Gasteiger partial charge in [0.1, 0.15) is 5.75 Å². The molecule has 0 atom stereocenters. The first-order valence-corrected chi connectivity index (χ1v) is 10.1. The Morgan fingerprint density at radius 2 is 1.74 bits per heavy atom. The molecule has 0 unspecified atom stereocenters. The van der Waals surface area contributed by atoms with Crippen LogP contribution in [0.15, 0.2) is 57.9 Å². The number of rotatable bonds is 7. The summed E-state index contributed by atoms with van der Waals surface area (Å²) in [6.45, 7) is 1.02. The normalized spacial score (nSPS) is 11.9. The molecule has 9 nitrogen and oxygen atoms in total. The summed E-state index contributed by atoms with van der Waals surface area (Å²) in [5, 5.41) is 6.20. The van der Waals surface area contributed by atoms with Gasteiger partial charge in [0.2, 0.25) is 27.6 Å². The van der Waals surface area contributed by atoms with Crippen molar-refractivity contribution >= 4 is 21.6 Å². The van der Waals surface area contributed by atoms with Crippen molar-refractivity contribution in [3.8, 4) is 17.1 Å². The second-order valence-corrected chi connectivity index (χ2v) is 7.88. The fourth-order valence-electron chi connectivity index (χ4n) is 2.41. The van der Waals surface area contributed by atoms with E-state index in [0.717, 1.165) is 12.1 Å². The van der Waals surface area contributed by atoms with Gasteiger partial charge in [0, 0.05) is 18.2 Å². The van der Waals surface area contributed by atoms with Crippen molar-refractivity contribution in [1.29, 1.82) is 0 Å². The van der Waals surface area contributed by atoms with Crippen LogP contribution in [0.25, 0.3) is 11.4 Å². The van der Waals surface area contributed by atoms with Crippen LogP contribution >= 0.6 is 0 Å². The number of sulfonamides is 1. The highest BCUT2D eigenvalue weighted by Crippen LogP contribution is 2.25. The molecule has 0 saturated heterocycles.